The van der Waals surface area contributed by atoms with Gasteiger partial charge in [-0.2, -0.15) is 0 Å². The van der Waals surface area contributed by atoms with Gasteiger partial charge in [-0.05, 0) is 32.0 Å². The molecule has 0 unspecified atom stereocenters. The number of guanidine groups is 1. The Morgan fingerprint density at radius 1 is 1.32 bits per heavy atom. The lowest BCUT2D eigenvalue weighted by atomic mass is 10.2. The van der Waals surface area contributed by atoms with Crippen LogP contribution in [0.2, 0.25) is 0 Å². The number of hydrogen-bond acceptors (Lipinski definition) is 5. The van der Waals surface area contributed by atoms with Gasteiger partial charge in [0.2, 0.25) is 0 Å². The predicted octanol–water partition coefficient (Wildman–Crippen LogP) is 1.28. The van der Waals surface area contributed by atoms with E-state index >= 15 is 0 Å². The summed E-state index contributed by atoms with van der Waals surface area (Å²) in [5.74, 6) is 1.51. The Balaban J connectivity index is 0.00000312. The van der Waals surface area contributed by atoms with Crippen molar-refractivity contribution in [1.29, 1.82) is 0 Å². The van der Waals surface area contributed by atoms with E-state index in [1.807, 2.05) is 13.1 Å². The number of pyridine rings is 1. The second-order valence-electron chi connectivity index (χ2n) is 5.99. The molecule has 1 aliphatic rings. The lowest BCUT2D eigenvalue weighted by Gasteiger charge is -2.33. The van der Waals surface area contributed by atoms with Gasteiger partial charge in [-0.25, -0.2) is 9.98 Å². The number of nitrogens with one attached hydrogen (secondary N) is 1. The smallest absolute Gasteiger partial charge is 0.188 e. The molecule has 1 aromatic rings. The summed E-state index contributed by atoms with van der Waals surface area (Å²) in [4.78, 5) is 13.6. The van der Waals surface area contributed by atoms with Crippen molar-refractivity contribution in [2.24, 2.45) is 10.7 Å². The minimum absolute atomic E-state index is 0. The van der Waals surface area contributed by atoms with Gasteiger partial charge in [0, 0.05) is 52.1 Å². The molecule has 0 spiro atoms. The number of nitrogens with two attached hydrogens (primary N) is 1. The second-order valence-corrected chi connectivity index (χ2v) is 5.99. The van der Waals surface area contributed by atoms with E-state index in [1.165, 1.54) is 0 Å². The maximum absolute atomic E-state index is 5.86. The number of ether oxygens (including phenoxy) is 1. The maximum atomic E-state index is 5.86. The summed E-state index contributed by atoms with van der Waals surface area (Å²) in [7, 11) is 2.15. The van der Waals surface area contributed by atoms with Crippen LogP contribution >= 0.6 is 24.0 Å². The van der Waals surface area contributed by atoms with Gasteiger partial charge in [-0.3, -0.25) is 0 Å². The molecular weight excluding hydrogens is 431 g/mol. The number of rotatable bonds is 8. The lowest BCUT2D eigenvalue weighted by Crippen LogP contribution is -2.44. The molecule has 0 atom stereocenters. The number of nitrogens with zero attached hydrogens (tertiary/aromatic N) is 4. The standard InChI is InChI=1S/C17H30N6O.HI/c1-3-24-12-4-7-19-17(18)21-14-15-5-6-16(20-13-15)23-10-8-22(2)9-11-23;/h5-6,13H,3-4,7-12,14H2,1-2H3,(H3,18,19,21);1H. The summed E-state index contributed by atoms with van der Waals surface area (Å²) < 4.78 is 5.28. The Hall–Kier alpha value is -1.13. The van der Waals surface area contributed by atoms with Crippen molar-refractivity contribution in [3.63, 3.8) is 0 Å². The molecule has 142 valence electrons. The number of aliphatic imine (C=N–C) groups is 1. The number of halogens is 1. The van der Waals surface area contributed by atoms with Gasteiger partial charge in [-0.15, -0.1) is 24.0 Å². The number of anilines is 1. The zero-order valence-electron chi connectivity index (χ0n) is 15.3. The molecule has 2 heterocycles. The van der Waals surface area contributed by atoms with Crippen LogP contribution in [0, 0.1) is 0 Å². The van der Waals surface area contributed by atoms with E-state index in [1.54, 1.807) is 0 Å². The topological polar surface area (TPSA) is 79.0 Å². The third kappa shape index (κ3) is 8.19. The first-order chi connectivity index (χ1) is 11.7. The first-order valence-corrected chi connectivity index (χ1v) is 8.69. The van der Waals surface area contributed by atoms with Crippen LogP contribution in [-0.2, 0) is 11.3 Å². The molecule has 8 heteroatoms. The van der Waals surface area contributed by atoms with Crippen LogP contribution in [0.25, 0.3) is 0 Å². The van der Waals surface area contributed by atoms with Crippen molar-refractivity contribution in [2.45, 2.75) is 19.9 Å². The molecule has 0 radical (unpaired) electrons. The molecule has 0 aliphatic carbocycles. The minimum Gasteiger partial charge on any atom is -0.382 e. The van der Waals surface area contributed by atoms with Crippen LogP contribution in [-0.4, -0.2) is 68.8 Å². The fourth-order valence-corrected chi connectivity index (χ4v) is 2.50. The van der Waals surface area contributed by atoms with Crippen molar-refractivity contribution in [3.8, 4) is 0 Å². The summed E-state index contributed by atoms with van der Waals surface area (Å²) in [6.45, 7) is 9.02. The van der Waals surface area contributed by atoms with Gasteiger partial charge in [0.1, 0.15) is 5.82 Å². The number of piperazine rings is 1. The molecule has 1 aliphatic heterocycles. The molecule has 7 nitrogen and oxygen atoms in total. The van der Waals surface area contributed by atoms with Crippen molar-refractivity contribution in [3.05, 3.63) is 23.9 Å². The molecule has 0 saturated carbocycles. The Morgan fingerprint density at radius 2 is 2.08 bits per heavy atom. The molecule has 2 rings (SSSR count). The van der Waals surface area contributed by atoms with Crippen molar-refractivity contribution >= 4 is 35.8 Å². The third-order valence-corrected chi connectivity index (χ3v) is 4.04. The van der Waals surface area contributed by atoms with Crippen molar-refractivity contribution in [1.82, 2.24) is 15.2 Å². The highest BCUT2D eigenvalue weighted by atomic mass is 127. The molecule has 1 fully saturated rings. The van der Waals surface area contributed by atoms with Gasteiger partial charge in [0.05, 0.1) is 6.54 Å². The Bertz CT molecular complexity index is 502. The number of likely N-dealkylation sites (N-methyl/N-ethyl adjacent to an activating group) is 1. The monoisotopic (exact) mass is 462 g/mol. The van der Waals surface area contributed by atoms with Crippen LogP contribution in [0.1, 0.15) is 18.9 Å². The minimum atomic E-state index is 0. The van der Waals surface area contributed by atoms with Crippen molar-refractivity contribution in [2.75, 3.05) is 57.9 Å². The fourth-order valence-electron chi connectivity index (χ4n) is 2.50. The average molecular weight is 462 g/mol. The second kappa shape index (κ2) is 12.3. The largest absolute Gasteiger partial charge is 0.382 e. The van der Waals surface area contributed by atoms with Gasteiger partial charge in [0.15, 0.2) is 5.96 Å². The molecule has 0 aromatic carbocycles. The highest BCUT2D eigenvalue weighted by molar-refractivity contribution is 14.0. The van der Waals surface area contributed by atoms with E-state index in [9.17, 15) is 0 Å². The fraction of sp³-hybridized carbons (Fsp3) is 0.647. The zero-order chi connectivity index (χ0) is 17.2. The first kappa shape index (κ1) is 21.9. The highest BCUT2D eigenvalue weighted by Gasteiger charge is 2.14. The van der Waals surface area contributed by atoms with E-state index < -0.39 is 0 Å². The van der Waals surface area contributed by atoms with Gasteiger partial charge >= 0.3 is 0 Å². The highest BCUT2D eigenvalue weighted by Crippen LogP contribution is 2.13. The van der Waals surface area contributed by atoms with Crippen LogP contribution in [0.3, 0.4) is 0 Å². The summed E-state index contributed by atoms with van der Waals surface area (Å²) in [5.41, 5.74) is 6.92. The summed E-state index contributed by atoms with van der Waals surface area (Å²) >= 11 is 0. The summed E-state index contributed by atoms with van der Waals surface area (Å²) in [5, 5.41) is 3.09. The van der Waals surface area contributed by atoms with Crippen LogP contribution in [0.5, 0.6) is 0 Å². The Kier molecular flexibility index (Phi) is 10.7. The molecule has 1 saturated heterocycles. The molecule has 25 heavy (non-hydrogen) atoms. The SMILES string of the molecule is CCOCCCNC(N)=NCc1ccc(N2CCN(C)CC2)nc1.I. The van der Waals surface area contributed by atoms with E-state index in [0.29, 0.717) is 12.5 Å². The number of hydrogen-bond donors (Lipinski definition) is 2. The van der Waals surface area contributed by atoms with Gasteiger partial charge < -0.3 is 25.6 Å². The van der Waals surface area contributed by atoms with E-state index in [0.717, 1.165) is 63.7 Å². The molecule has 1 aromatic heterocycles. The maximum Gasteiger partial charge on any atom is 0.188 e. The normalized spacial score (nSPS) is 15.8. The predicted molar refractivity (Wildman–Crippen MR) is 114 cm³/mol. The van der Waals surface area contributed by atoms with Crippen LogP contribution in [0.4, 0.5) is 5.82 Å². The lowest BCUT2D eigenvalue weighted by molar-refractivity contribution is 0.145. The average Bonchev–Trinajstić information content (AvgIpc) is 2.61. The molecule has 3 N–H and O–H groups in total. The molecule has 0 amide bonds. The van der Waals surface area contributed by atoms with Crippen LogP contribution in [0.15, 0.2) is 23.3 Å². The Morgan fingerprint density at radius 3 is 2.72 bits per heavy atom. The van der Waals surface area contributed by atoms with Crippen LogP contribution < -0.4 is 16.0 Å². The summed E-state index contributed by atoms with van der Waals surface area (Å²) in [6.07, 6.45) is 2.81. The zero-order valence-corrected chi connectivity index (χ0v) is 17.6. The quantitative estimate of drug-likeness (QED) is 0.262. The first-order valence-electron chi connectivity index (χ1n) is 8.69. The summed E-state index contributed by atoms with van der Waals surface area (Å²) in [6, 6.07) is 4.15. The Labute approximate surface area is 168 Å². The van der Waals surface area contributed by atoms with E-state index in [4.69, 9.17) is 10.5 Å². The van der Waals surface area contributed by atoms with Gasteiger partial charge in [0.25, 0.3) is 0 Å². The molecule has 0 bridgehead atoms. The number of aromatic nitrogens is 1. The van der Waals surface area contributed by atoms with E-state index in [-0.39, 0.29) is 24.0 Å². The third-order valence-electron chi connectivity index (χ3n) is 4.04. The van der Waals surface area contributed by atoms with Crippen molar-refractivity contribution < 1.29 is 4.74 Å². The van der Waals surface area contributed by atoms with E-state index in [2.05, 4.69) is 44.3 Å². The van der Waals surface area contributed by atoms with Gasteiger partial charge in [-0.1, -0.05) is 6.07 Å². The molecular formula is C17H31IN6O.